The number of carbonyl (C=O) groups excluding carboxylic acids is 1. The van der Waals surface area contributed by atoms with Crippen molar-refractivity contribution in [3.05, 3.63) is 65.2 Å². The number of hydrogen-bond donors (Lipinski definition) is 2. The summed E-state index contributed by atoms with van der Waals surface area (Å²) in [5.41, 5.74) is 2.08. The van der Waals surface area contributed by atoms with Gasteiger partial charge < -0.3 is 10.6 Å². The van der Waals surface area contributed by atoms with E-state index in [4.69, 9.17) is 0 Å². The lowest BCUT2D eigenvalue weighted by Crippen LogP contribution is -2.38. The number of nitrogens with one attached hydrogen (secondary N) is 2. The molecule has 0 bridgehead atoms. The summed E-state index contributed by atoms with van der Waals surface area (Å²) in [7, 11) is 0. The molecule has 2 aromatic rings. The minimum Gasteiger partial charge on any atom is -0.374 e. The van der Waals surface area contributed by atoms with Gasteiger partial charge in [-0.15, -0.1) is 0 Å². The number of hydrogen-bond acceptors (Lipinski definition) is 2. The molecule has 0 spiro atoms. The fourth-order valence-electron chi connectivity index (χ4n) is 2.13. The highest BCUT2D eigenvalue weighted by Gasteiger charge is 2.12. The largest absolute Gasteiger partial charge is 0.374 e. The number of carbonyl (C=O) groups is 1. The summed E-state index contributed by atoms with van der Waals surface area (Å²) in [6.45, 7) is 3.86. The molecule has 5 heteroatoms. The molecule has 122 valence electrons. The van der Waals surface area contributed by atoms with E-state index < -0.39 is 6.04 Å². The molecular weight excluding hydrogens is 298 g/mol. The average molecular weight is 318 g/mol. The predicted molar refractivity (Wildman–Crippen MR) is 87.3 cm³/mol. The zero-order valence-corrected chi connectivity index (χ0v) is 13.2. The van der Waals surface area contributed by atoms with Crippen molar-refractivity contribution >= 4 is 11.6 Å². The molecule has 0 radical (unpaired) electrons. The summed E-state index contributed by atoms with van der Waals surface area (Å²) in [5, 5.41) is 5.77. The number of amides is 1. The van der Waals surface area contributed by atoms with Crippen LogP contribution in [-0.4, -0.2) is 18.5 Å². The first-order chi connectivity index (χ1) is 11.0. The van der Waals surface area contributed by atoms with E-state index in [1.807, 2.05) is 0 Å². The zero-order valence-electron chi connectivity index (χ0n) is 13.2. The van der Waals surface area contributed by atoms with Crippen LogP contribution in [0.3, 0.4) is 0 Å². The molecule has 0 aliphatic carbocycles. The third-order valence-electron chi connectivity index (χ3n) is 3.57. The normalized spacial score (nSPS) is 11.8. The van der Waals surface area contributed by atoms with Crippen molar-refractivity contribution in [2.45, 2.75) is 26.3 Å². The Labute approximate surface area is 134 Å². The zero-order chi connectivity index (χ0) is 16.8. The molecule has 2 rings (SSSR count). The standard InChI is InChI=1S/C18H20F2N2O/c1-12-3-8-16(11-17(12)20)22-13(2)18(23)21-10-9-14-4-6-15(19)7-5-14/h3-8,11,13,22H,9-10H2,1-2H3,(H,21,23). The molecule has 0 saturated carbocycles. The molecule has 3 nitrogen and oxygen atoms in total. The van der Waals surface area contributed by atoms with Gasteiger partial charge in [0.15, 0.2) is 0 Å². The van der Waals surface area contributed by atoms with E-state index in [1.54, 1.807) is 38.1 Å². The molecule has 0 aliphatic heterocycles. The molecule has 1 atom stereocenters. The van der Waals surface area contributed by atoms with Crippen LogP contribution in [0, 0.1) is 18.6 Å². The van der Waals surface area contributed by atoms with E-state index in [9.17, 15) is 13.6 Å². The Balaban J connectivity index is 1.80. The second-order valence-electron chi connectivity index (χ2n) is 5.50. The van der Waals surface area contributed by atoms with E-state index in [0.29, 0.717) is 24.2 Å². The molecule has 2 N–H and O–H groups in total. The number of halogens is 2. The predicted octanol–water partition coefficient (Wildman–Crippen LogP) is 3.43. The van der Waals surface area contributed by atoms with Gasteiger partial charge in [-0.2, -0.15) is 0 Å². The fourth-order valence-corrected chi connectivity index (χ4v) is 2.13. The lowest BCUT2D eigenvalue weighted by Gasteiger charge is -2.15. The molecule has 23 heavy (non-hydrogen) atoms. The van der Waals surface area contributed by atoms with E-state index in [-0.39, 0.29) is 17.5 Å². The summed E-state index contributed by atoms with van der Waals surface area (Å²) >= 11 is 0. The van der Waals surface area contributed by atoms with Gasteiger partial charge in [0, 0.05) is 12.2 Å². The monoisotopic (exact) mass is 318 g/mol. The second kappa shape index (κ2) is 7.72. The van der Waals surface area contributed by atoms with E-state index in [1.165, 1.54) is 18.2 Å². The summed E-state index contributed by atoms with van der Waals surface area (Å²) in [5.74, 6) is -0.757. The Hall–Kier alpha value is -2.43. The highest BCUT2D eigenvalue weighted by atomic mass is 19.1. The fraction of sp³-hybridized carbons (Fsp3) is 0.278. The van der Waals surface area contributed by atoms with Crippen molar-refractivity contribution in [3.8, 4) is 0 Å². The summed E-state index contributed by atoms with van der Waals surface area (Å²) in [6.07, 6.45) is 0.623. The number of anilines is 1. The van der Waals surface area contributed by atoms with Crippen LogP contribution in [0.25, 0.3) is 0 Å². The second-order valence-corrected chi connectivity index (χ2v) is 5.50. The van der Waals surface area contributed by atoms with Gasteiger partial charge in [0.2, 0.25) is 5.91 Å². The van der Waals surface area contributed by atoms with Crippen LogP contribution >= 0.6 is 0 Å². The summed E-state index contributed by atoms with van der Waals surface area (Å²) < 4.78 is 26.3. The van der Waals surface area contributed by atoms with E-state index >= 15 is 0 Å². The maximum absolute atomic E-state index is 13.5. The molecule has 0 fully saturated rings. The van der Waals surface area contributed by atoms with Gasteiger partial charge in [-0.05, 0) is 55.7 Å². The maximum Gasteiger partial charge on any atom is 0.242 e. The van der Waals surface area contributed by atoms with Crippen molar-refractivity contribution in [1.29, 1.82) is 0 Å². The van der Waals surface area contributed by atoms with Crippen molar-refractivity contribution in [2.24, 2.45) is 0 Å². The first-order valence-electron chi connectivity index (χ1n) is 7.50. The van der Waals surface area contributed by atoms with Crippen molar-refractivity contribution in [2.75, 3.05) is 11.9 Å². The van der Waals surface area contributed by atoms with Gasteiger partial charge in [0.05, 0.1) is 0 Å². The highest BCUT2D eigenvalue weighted by molar-refractivity contribution is 5.84. The maximum atomic E-state index is 13.5. The van der Waals surface area contributed by atoms with Gasteiger partial charge in [-0.25, -0.2) is 8.78 Å². The highest BCUT2D eigenvalue weighted by Crippen LogP contribution is 2.14. The minimum atomic E-state index is -0.481. The van der Waals surface area contributed by atoms with E-state index in [2.05, 4.69) is 10.6 Å². The Bertz CT molecular complexity index is 671. The molecule has 1 amide bonds. The number of benzene rings is 2. The Kier molecular flexibility index (Phi) is 5.68. The smallest absolute Gasteiger partial charge is 0.242 e. The van der Waals surface area contributed by atoms with Crippen LogP contribution in [0.2, 0.25) is 0 Å². The van der Waals surface area contributed by atoms with Crippen LogP contribution in [0.4, 0.5) is 14.5 Å². The van der Waals surface area contributed by atoms with Crippen LogP contribution in [0.5, 0.6) is 0 Å². The number of aryl methyl sites for hydroxylation is 1. The third kappa shape index (κ3) is 5.06. The Morgan fingerprint density at radius 3 is 2.48 bits per heavy atom. The number of rotatable bonds is 6. The molecule has 0 aliphatic rings. The van der Waals surface area contributed by atoms with Crippen LogP contribution in [0.15, 0.2) is 42.5 Å². The summed E-state index contributed by atoms with van der Waals surface area (Å²) in [6, 6.07) is 10.5. The molecule has 0 saturated heterocycles. The van der Waals surface area contributed by atoms with Crippen LogP contribution < -0.4 is 10.6 Å². The first-order valence-corrected chi connectivity index (χ1v) is 7.50. The lowest BCUT2D eigenvalue weighted by atomic mass is 10.1. The Morgan fingerprint density at radius 1 is 1.13 bits per heavy atom. The topological polar surface area (TPSA) is 41.1 Å². The lowest BCUT2D eigenvalue weighted by molar-refractivity contribution is -0.121. The Morgan fingerprint density at radius 2 is 1.83 bits per heavy atom. The third-order valence-corrected chi connectivity index (χ3v) is 3.57. The van der Waals surface area contributed by atoms with E-state index in [0.717, 1.165) is 5.56 Å². The SMILES string of the molecule is Cc1ccc(NC(C)C(=O)NCCc2ccc(F)cc2)cc1F. The molecule has 2 aromatic carbocycles. The van der Waals surface area contributed by atoms with Gasteiger partial charge in [-0.1, -0.05) is 18.2 Å². The van der Waals surface area contributed by atoms with Crippen molar-refractivity contribution in [1.82, 2.24) is 5.32 Å². The quantitative estimate of drug-likeness (QED) is 0.857. The van der Waals surface area contributed by atoms with Gasteiger partial charge in [0.25, 0.3) is 0 Å². The molecular formula is C18H20F2N2O. The van der Waals surface area contributed by atoms with Crippen LogP contribution in [-0.2, 0) is 11.2 Å². The molecule has 0 heterocycles. The van der Waals surface area contributed by atoms with Gasteiger partial charge >= 0.3 is 0 Å². The van der Waals surface area contributed by atoms with Gasteiger partial charge in [-0.3, -0.25) is 4.79 Å². The molecule has 1 unspecified atom stereocenters. The molecule has 0 aromatic heterocycles. The van der Waals surface area contributed by atoms with Crippen molar-refractivity contribution < 1.29 is 13.6 Å². The first kappa shape index (κ1) is 16.9. The summed E-state index contributed by atoms with van der Waals surface area (Å²) in [4.78, 5) is 12.0. The average Bonchev–Trinajstić information content (AvgIpc) is 2.52. The van der Waals surface area contributed by atoms with Crippen LogP contribution in [0.1, 0.15) is 18.1 Å². The minimum absolute atomic E-state index is 0.173. The van der Waals surface area contributed by atoms with Gasteiger partial charge in [0.1, 0.15) is 17.7 Å². The van der Waals surface area contributed by atoms with Crippen molar-refractivity contribution in [3.63, 3.8) is 0 Å².